The van der Waals surface area contributed by atoms with Gasteiger partial charge in [-0.05, 0) is 41.7 Å². The molecule has 6 nitrogen and oxygen atoms in total. The largest absolute Gasteiger partial charge is 0.379 e. The third-order valence-corrected chi connectivity index (χ3v) is 5.63. The van der Waals surface area contributed by atoms with Crippen LogP contribution in [-0.4, -0.2) is 13.3 Å². The van der Waals surface area contributed by atoms with Crippen molar-refractivity contribution >= 4 is 15.8 Å². The van der Waals surface area contributed by atoms with Gasteiger partial charge in [-0.15, -0.1) is 0 Å². The fourth-order valence-electron chi connectivity index (χ4n) is 3.01. The minimum absolute atomic E-state index is 0.0117. The average Bonchev–Trinajstić information content (AvgIpc) is 2.68. The molecule has 0 aromatic heterocycles. The van der Waals surface area contributed by atoms with Crippen molar-refractivity contribution in [3.8, 4) is 16.9 Å². The normalized spacial score (nSPS) is 11.4. The van der Waals surface area contributed by atoms with E-state index in [1.807, 2.05) is 24.3 Å². The zero-order chi connectivity index (χ0) is 21.0. The van der Waals surface area contributed by atoms with Gasteiger partial charge in [0, 0.05) is 17.7 Å². The quantitative estimate of drug-likeness (QED) is 0.302. The first-order chi connectivity index (χ1) is 13.8. The molecule has 7 heteroatoms. The van der Waals surface area contributed by atoms with Crippen LogP contribution in [0.2, 0.25) is 0 Å². The fourth-order valence-corrected chi connectivity index (χ4v) is 4.16. The number of nitrogens with zero attached hydrogens (tertiary/aromatic N) is 1. The topological polar surface area (TPSA) is 86.5 Å². The van der Waals surface area contributed by atoms with Crippen LogP contribution in [0.4, 0.5) is 5.69 Å². The number of nitro benzene ring substituents is 1. The maximum Gasteiger partial charge on any atom is 0.339 e. The van der Waals surface area contributed by atoms with Gasteiger partial charge in [0.05, 0.1) is 4.92 Å². The third-order valence-electron chi connectivity index (χ3n) is 4.32. The first-order valence-corrected chi connectivity index (χ1v) is 10.5. The number of benzene rings is 3. The summed E-state index contributed by atoms with van der Waals surface area (Å²) in [5.41, 5.74) is 2.34. The van der Waals surface area contributed by atoms with Crippen molar-refractivity contribution in [3.05, 3.63) is 88.5 Å². The molecule has 150 valence electrons. The molecule has 0 spiro atoms. The van der Waals surface area contributed by atoms with E-state index < -0.39 is 15.0 Å². The molecule has 0 fully saturated rings. The van der Waals surface area contributed by atoms with Gasteiger partial charge in [-0.3, -0.25) is 10.1 Å². The summed E-state index contributed by atoms with van der Waals surface area (Å²) in [6.45, 7) is 4.29. The van der Waals surface area contributed by atoms with E-state index in [2.05, 4.69) is 13.8 Å². The van der Waals surface area contributed by atoms with Gasteiger partial charge in [0.15, 0.2) is 0 Å². The summed E-state index contributed by atoms with van der Waals surface area (Å²) >= 11 is 0. The lowest BCUT2D eigenvalue weighted by molar-refractivity contribution is -0.384. The third kappa shape index (κ3) is 5.00. The molecule has 0 heterocycles. The van der Waals surface area contributed by atoms with Gasteiger partial charge < -0.3 is 4.18 Å². The molecular weight excluding hydrogens is 390 g/mol. The molecule has 0 N–H and O–H groups in total. The second-order valence-electron chi connectivity index (χ2n) is 7.08. The van der Waals surface area contributed by atoms with Crippen LogP contribution in [0.1, 0.15) is 19.4 Å². The monoisotopic (exact) mass is 411 g/mol. The van der Waals surface area contributed by atoms with E-state index in [1.54, 1.807) is 18.2 Å². The number of nitro groups is 1. The van der Waals surface area contributed by atoms with Crippen molar-refractivity contribution in [2.24, 2.45) is 5.92 Å². The minimum atomic E-state index is -4.12. The van der Waals surface area contributed by atoms with Crippen LogP contribution >= 0.6 is 0 Å². The highest BCUT2D eigenvalue weighted by molar-refractivity contribution is 7.87. The summed E-state index contributed by atoms with van der Waals surface area (Å²) < 4.78 is 31.0. The van der Waals surface area contributed by atoms with E-state index in [0.717, 1.165) is 12.0 Å². The molecular formula is C22H21NO5S. The smallest absolute Gasteiger partial charge is 0.339 e. The van der Waals surface area contributed by atoms with Crippen molar-refractivity contribution in [2.75, 3.05) is 0 Å². The van der Waals surface area contributed by atoms with Crippen LogP contribution < -0.4 is 4.18 Å². The van der Waals surface area contributed by atoms with E-state index in [4.69, 9.17) is 4.18 Å². The van der Waals surface area contributed by atoms with Crippen LogP contribution in [0.5, 0.6) is 5.75 Å². The van der Waals surface area contributed by atoms with E-state index >= 15 is 0 Å². The molecule has 0 aliphatic carbocycles. The Bertz CT molecular complexity index is 1100. The van der Waals surface area contributed by atoms with E-state index in [0.29, 0.717) is 11.5 Å². The Morgan fingerprint density at radius 2 is 1.55 bits per heavy atom. The second kappa shape index (κ2) is 8.45. The first-order valence-electron chi connectivity index (χ1n) is 9.13. The molecule has 3 aromatic rings. The summed E-state index contributed by atoms with van der Waals surface area (Å²) in [5.74, 6) is 0.543. The highest BCUT2D eigenvalue weighted by atomic mass is 32.2. The van der Waals surface area contributed by atoms with Crippen LogP contribution in [-0.2, 0) is 16.5 Å². The van der Waals surface area contributed by atoms with Crippen LogP contribution in [0.25, 0.3) is 11.1 Å². The van der Waals surface area contributed by atoms with Gasteiger partial charge in [-0.1, -0.05) is 56.3 Å². The average molecular weight is 411 g/mol. The Hall–Kier alpha value is -3.19. The predicted octanol–water partition coefficient (Wildman–Crippen LogP) is 5.23. The maximum absolute atomic E-state index is 12.9. The van der Waals surface area contributed by atoms with E-state index in [1.165, 1.54) is 35.9 Å². The van der Waals surface area contributed by atoms with Crippen LogP contribution in [0, 0.1) is 16.0 Å². The Morgan fingerprint density at radius 1 is 0.931 bits per heavy atom. The maximum atomic E-state index is 12.9. The molecule has 0 bridgehead atoms. The van der Waals surface area contributed by atoms with Crippen LogP contribution in [0.15, 0.2) is 77.7 Å². The zero-order valence-corrected chi connectivity index (χ0v) is 16.9. The Labute approximate surface area is 170 Å². The summed E-state index contributed by atoms with van der Waals surface area (Å²) in [4.78, 5) is 10.2. The van der Waals surface area contributed by atoms with Crippen molar-refractivity contribution in [3.63, 3.8) is 0 Å². The van der Waals surface area contributed by atoms with Gasteiger partial charge in [0.2, 0.25) is 0 Å². The Kier molecular flexibility index (Phi) is 5.98. The minimum Gasteiger partial charge on any atom is -0.379 e. The van der Waals surface area contributed by atoms with E-state index in [-0.39, 0.29) is 16.3 Å². The fraction of sp³-hybridized carbons (Fsp3) is 0.182. The standard InChI is InChI=1S/C22H21NO5S/c1-16(2)15-17-7-9-18(10-8-17)21-5-3-4-6-22(21)29(26,27)28-20-13-11-19(12-14-20)23(24)25/h3-14,16H,15H2,1-2H3. The summed E-state index contributed by atoms with van der Waals surface area (Å²) in [6.07, 6.45) is 0.948. The molecule has 0 aliphatic rings. The number of hydrogen-bond acceptors (Lipinski definition) is 5. The Morgan fingerprint density at radius 3 is 2.14 bits per heavy atom. The molecule has 0 atom stereocenters. The van der Waals surface area contributed by atoms with E-state index in [9.17, 15) is 18.5 Å². The van der Waals surface area contributed by atoms with Gasteiger partial charge in [-0.2, -0.15) is 8.42 Å². The lowest BCUT2D eigenvalue weighted by atomic mass is 9.99. The van der Waals surface area contributed by atoms with Crippen molar-refractivity contribution in [1.82, 2.24) is 0 Å². The number of rotatable bonds is 7. The zero-order valence-electron chi connectivity index (χ0n) is 16.1. The molecule has 3 aromatic carbocycles. The number of non-ortho nitro benzene ring substituents is 1. The van der Waals surface area contributed by atoms with Gasteiger partial charge >= 0.3 is 10.1 Å². The van der Waals surface area contributed by atoms with Crippen molar-refractivity contribution < 1.29 is 17.5 Å². The van der Waals surface area contributed by atoms with Gasteiger partial charge in [0.25, 0.3) is 5.69 Å². The van der Waals surface area contributed by atoms with Gasteiger partial charge in [0.1, 0.15) is 10.6 Å². The number of hydrogen-bond donors (Lipinski definition) is 0. The molecule has 0 saturated heterocycles. The molecule has 0 unspecified atom stereocenters. The van der Waals surface area contributed by atoms with Crippen LogP contribution in [0.3, 0.4) is 0 Å². The Balaban J connectivity index is 1.91. The first kappa shape index (κ1) is 20.5. The summed E-state index contributed by atoms with van der Waals surface area (Å²) in [7, 11) is -4.12. The molecule has 3 rings (SSSR count). The highest BCUT2D eigenvalue weighted by Crippen LogP contribution is 2.30. The molecule has 0 saturated carbocycles. The second-order valence-corrected chi connectivity index (χ2v) is 8.59. The lowest BCUT2D eigenvalue weighted by Crippen LogP contribution is -2.11. The molecule has 0 aliphatic heterocycles. The molecule has 0 radical (unpaired) electrons. The molecule has 0 amide bonds. The van der Waals surface area contributed by atoms with Gasteiger partial charge in [-0.25, -0.2) is 0 Å². The van der Waals surface area contributed by atoms with Crippen molar-refractivity contribution in [1.29, 1.82) is 0 Å². The predicted molar refractivity (Wildman–Crippen MR) is 111 cm³/mol. The summed E-state index contributed by atoms with van der Waals surface area (Å²) in [6, 6.07) is 19.3. The molecule has 29 heavy (non-hydrogen) atoms. The van der Waals surface area contributed by atoms with Crippen molar-refractivity contribution in [2.45, 2.75) is 25.2 Å². The summed E-state index contributed by atoms with van der Waals surface area (Å²) in [5, 5.41) is 10.7. The lowest BCUT2D eigenvalue weighted by Gasteiger charge is -2.12. The highest BCUT2D eigenvalue weighted by Gasteiger charge is 2.22. The SMILES string of the molecule is CC(C)Cc1ccc(-c2ccccc2S(=O)(=O)Oc2ccc([N+](=O)[O-])cc2)cc1.